The van der Waals surface area contributed by atoms with E-state index in [1.807, 2.05) is 13.8 Å². The van der Waals surface area contributed by atoms with E-state index < -0.39 is 11.9 Å². The molecule has 0 saturated carbocycles. The molecule has 0 aromatic carbocycles. The van der Waals surface area contributed by atoms with Crippen LogP contribution in [0.5, 0.6) is 5.88 Å². The summed E-state index contributed by atoms with van der Waals surface area (Å²) in [5.41, 5.74) is 11.3. The molecule has 1 atom stereocenters. The minimum Gasteiger partial charge on any atom is -0.473 e. The lowest BCUT2D eigenvalue weighted by Crippen LogP contribution is -2.41. The van der Waals surface area contributed by atoms with Gasteiger partial charge < -0.3 is 21.5 Å². The Morgan fingerprint density at radius 1 is 1.59 bits per heavy atom. The first-order valence-electron chi connectivity index (χ1n) is 5.41. The maximum Gasteiger partial charge on any atom is 0.237 e. The topological polar surface area (TPSA) is 103 Å². The average molecular weight is 238 g/mol. The molecule has 1 unspecified atom stereocenters. The van der Waals surface area contributed by atoms with Crippen molar-refractivity contribution in [3.63, 3.8) is 0 Å². The van der Waals surface area contributed by atoms with E-state index in [-0.39, 0.29) is 12.6 Å². The molecule has 0 saturated heterocycles. The summed E-state index contributed by atoms with van der Waals surface area (Å²) in [5, 5.41) is 2.99. The number of anilines is 1. The molecule has 0 fully saturated rings. The van der Waals surface area contributed by atoms with Crippen molar-refractivity contribution in [1.82, 2.24) is 4.98 Å². The van der Waals surface area contributed by atoms with E-state index in [2.05, 4.69) is 10.3 Å². The standard InChI is InChI=1S/C11H18N4O2/c1-7(2)17-11-9(4-3-5-14-11)15-6-8(12)10(13)16/h3-5,7-8,15H,6,12H2,1-2H3,(H2,13,16). The van der Waals surface area contributed by atoms with E-state index in [0.717, 1.165) is 0 Å². The number of nitrogens with two attached hydrogens (primary N) is 2. The Hall–Kier alpha value is -1.82. The van der Waals surface area contributed by atoms with E-state index in [0.29, 0.717) is 11.6 Å². The Bertz CT molecular complexity index is 381. The molecule has 0 bridgehead atoms. The van der Waals surface area contributed by atoms with Gasteiger partial charge in [0.05, 0.1) is 11.8 Å². The van der Waals surface area contributed by atoms with Crippen molar-refractivity contribution >= 4 is 11.6 Å². The Labute approximate surface area is 100 Å². The third kappa shape index (κ3) is 4.28. The number of aromatic nitrogens is 1. The van der Waals surface area contributed by atoms with Crippen molar-refractivity contribution in [3.05, 3.63) is 18.3 Å². The van der Waals surface area contributed by atoms with Crippen LogP contribution in [-0.4, -0.2) is 29.6 Å². The van der Waals surface area contributed by atoms with Crippen molar-refractivity contribution in [2.24, 2.45) is 11.5 Å². The lowest BCUT2D eigenvalue weighted by molar-refractivity contribution is -0.118. The smallest absolute Gasteiger partial charge is 0.237 e. The van der Waals surface area contributed by atoms with Gasteiger partial charge in [0.2, 0.25) is 11.8 Å². The van der Waals surface area contributed by atoms with E-state index in [4.69, 9.17) is 16.2 Å². The van der Waals surface area contributed by atoms with Gasteiger partial charge in [0.1, 0.15) is 6.04 Å². The van der Waals surface area contributed by atoms with Crippen molar-refractivity contribution in [2.75, 3.05) is 11.9 Å². The number of ether oxygens (including phenoxy) is 1. The number of carbonyl (C=O) groups is 1. The van der Waals surface area contributed by atoms with Gasteiger partial charge in [0.15, 0.2) is 0 Å². The number of hydrogen-bond donors (Lipinski definition) is 3. The zero-order valence-corrected chi connectivity index (χ0v) is 10.0. The number of primary amides is 1. The number of nitrogens with zero attached hydrogens (tertiary/aromatic N) is 1. The Kier molecular flexibility index (Phi) is 4.71. The van der Waals surface area contributed by atoms with Crippen molar-refractivity contribution in [2.45, 2.75) is 26.0 Å². The van der Waals surface area contributed by atoms with Crippen molar-refractivity contribution in [1.29, 1.82) is 0 Å². The monoisotopic (exact) mass is 238 g/mol. The quantitative estimate of drug-likeness (QED) is 0.652. The first-order chi connectivity index (χ1) is 8.00. The predicted octanol–water partition coefficient (Wildman–Crippen LogP) is 0.0933. The Morgan fingerprint density at radius 2 is 2.29 bits per heavy atom. The molecule has 0 spiro atoms. The number of carbonyl (C=O) groups excluding carboxylic acids is 1. The first-order valence-corrected chi connectivity index (χ1v) is 5.41. The van der Waals surface area contributed by atoms with Gasteiger partial charge in [-0.25, -0.2) is 4.98 Å². The number of hydrogen-bond acceptors (Lipinski definition) is 5. The second kappa shape index (κ2) is 6.05. The van der Waals surface area contributed by atoms with Crippen LogP contribution in [0.2, 0.25) is 0 Å². The molecular formula is C11H18N4O2. The van der Waals surface area contributed by atoms with Gasteiger partial charge in [-0.3, -0.25) is 4.79 Å². The molecule has 6 nitrogen and oxygen atoms in total. The highest BCUT2D eigenvalue weighted by atomic mass is 16.5. The molecule has 5 N–H and O–H groups in total. The highest BCUT2D eigenvalue weighted by Gasteiger charge is 2.11. The van der Waals surface area contributed by atoms with E-state index in [1.54, 1.807) is 18.3 Å². The largest absolute Gasteiger partial charge is 0.473 e. The minimum atomic E-state index is -0.734. The van der Waals surface area contributed by atoms with E-state index in [9.17, 15) is 4.79 Å². The SMILES string of the molecule is CC(C)Oc1ncccc1NCC(N)C(N)=O. The fourth-order valence-electron chi connectivity index (χ4n) is 1.16. The molecule has 94 valence electrons. The summed E-state index contributed by atoms with van der Waals surface area (Å²) >= 11 is 0. The van der Waals surface area contributed by atoms with Crippen LogP contribution in [0.15, 0.2) is 18.3 Å². The van der Waals surface area contributed by atoms with Gasteiger partial charge >= 0.3 is 0 Å². The van der Waals surface area contributed by atoms with Gasteiger partial charge in [-0.15, -0.1) is 0 Å². The predicted molar refractivity (Wildman–Crippen MR) is 65.7 cm³/mol. The highest BCUT2D eigenvalue weighted by molar-refractivity contribution is 5.80. The summed E-state index contributed by atoms with van der Waals surface area (Å²) < 4.78 is 5.51. The van der Waals surface area contributed by atoms with Crippen LogP contribution in [0.4, 0.5) is 5.69 Å². The Balaban J connectivity index is 2.66. The van der Waals surface area contributed by atoms with Crippen LogP contribution < -0.4 is 21.5 Å². The third-order valence-electron chi connectivity index (χ3n) is 2.00. The molecule has 1 amide bonds. The fraction of sp³-hybridized carbons (Fsp3) is 0.455. The van der Waals surface area contributed by atoms with Crippen LogP contribution >= 0.6 is 0 Å². The van der Waals surface area contributed by atoms with Crippen LogP contribution in [-0.2, 0) is 4.79 Å². The zero-order valence-electron chi connectivity index (χ0n) is 10.0. The normalized spacial score (nSPS) is 12.2. The van der Waals surface area contributed by atoms with Crippen LogP contribution in [0.25, 0.3) is 0 Å². The molecule has 17 heavy (non-hydrogen) atoms. The molecule has 1 rings (SSSR count). The van der Waals surface area contributed by atoms with Crippen molar-refractivity contribution < 1.29 is 9.53 Å². The van der Waals surface area contributed by atoms with Gasteiger partial charge in [-0.2, -0.15) is 0 Å². The summed E-state index contributed by atoms with van der Waals surface area (Å²) in [7, 11) is 0. The lowest BCUT2D eigenvalue weighted by atomic mass is 10.3. The molecule has 1 aromatic heterocycles. The molecule has 0 aliphatic carbocycles. The summed E-state index contributed by atoms with van der Waals surface area (Å²) in [5.74, 6) is -0.0631. The number of nitrogens with one attached hydrogen (secondary N) is 1. The van der Waals surface area contributed by atoms with E-state index in [1.165, 1.54) is 0 Å². The van der Waals surface area contributed by atoms with Gasteiger partial charge in [0, 0.05) is 12.7 Å². The van der Waals surface area contributed by atoms with Crippen LogP contribution in [0.3, 0.4) is 0 Å². The van der Waals surface area contributed by atoms with Gasteiger partial charge in [-0.05, 0) is 26.0 Å². The first kappa shape index (κ1) is 13.2. The molecule has 1 heterocycles. The Morgan fingerprint density at radius 3 is 2.88 bits per heavy atom. The van der Waals surface area contributed by atoms with E-state index >= 15 is 0 Å². The zero-order chi connectivity index (χ0) is 12.8. The highest BCUT2D eigenvalue weighted by Crippen LogP contribution is 2.21. The molecular weight excluding hydrogens is 220 g/mol. The maximum absolute atomic E-state index is 10.8. The molecule has 0 aliphatic rings. The summed E-state index contributed by atoms with van der Waals surface area (Å²) in [6.45, 7) is 4.07. The summed E-state index contributed by atoms with van der Waals surface area (Å²) in [4.78, 5) is 14.9. The lowest BCUT2D eigenvalue weighted by Gasteiger charge is -2.15. The fourth-order valence-corrected chi connectivity index (χ4v) is 1.16. The number of rotatable bonds is 6. The molecule has 0 radical (unpaired) electrons. The summed E-state index contributed by atoms with van der Waals surface area (Å²) in [6.07, 6.45) is 1.66. The second-order valence-electron chi connectivity index (χ2n) is 3.91. The number of amides is 1. The summed E-state index contributed by atoms with van der Waals surface area (Å²) in [6, 6.07) is 2.84. The van der Waals surface area contributed by atoms with Gasteiger partial charge in [-0.1, -0.05) is 0 Å². The molecule has 1 aromatic rings. The van der Waals surface area contributed by atoms with Crippen molar-refractivity contribution in [3.8, 4) is 5.88 Å². The number of pyridine rings is 1. The molecule has 6 heteroatoms. The van der Waals surface area contributed by atoms with Gasteiger partial charge in [0.25, 0.3) is 0 Å². The average Bonchev–Trinajstić information content (AvgIpc) is 2.26. The second-order valence-corrected chi connectivity index (χ2v) is 3.91. The third-order valence-corrected chi connectivity index (χ3v) is 2.00. The minimum absolute atomic E-state index is 0.0234. The molecule has 0 aliphatic heterocycles. The maximum atomic E-state index is 10.8. The van der Waals surface area contributed by atoms with Crippen LogP contribution in [0, 0.1) is 0 Å². The van der Waals surface area contributed by atoms with Crippen LogP contribution in [0.1, 0.15) is 13.8 Å².